The summed E-state index contributed by atoms with van der Waals surface area (Å²) < 4.78 is 1.46. The molecular formula is C19H19N9O5S3. The van der Waals surface area contributed by atoms with E-state index in [9.17, 15) is 24.3 Å². The number of aromatic nitrogens is 4. The van der Waals surface area contributed by atoms with Gasteiger partial charge in [0.05, 0.1) is 6.07 Å². The van der Waals surface area contributed by atoms with E-state index < -0.39 is 41.3 Å². The summed E-state index contributed by atoms with van der Waals surface area (Å²) in [7, 11) is 1.66. The van der Waals surface area contributed by atoms with Crippen molar-refractivity contribution in [3.63, 3.8) is 0 Å². The zero-order chi connectivity index (χ0) is 25.8. The summed E-state index contributed by atoms with van der Waals surface area (Å²) in [5.41, 5.74) is 0.433. The zero-order valence-corrected chi connectivity index (χ0v) is 21.0. The number of carbonyl (C=O) groups is 4. The molecule has 0 saturated carbocycles. The fourth-order valence-corrected chi connectivity index (χ4v) is 6.66. The molecule has 0 aliphatic carbocycles. The number of carboxylic acid groups (broad SMARTS) is 1. The molecular weight excluding hydrogens is 530 g/mol. The number of amides is 4. The summed E-state index contributed by atoms with van der Waals surface area (Å²) >= 11 is 3.83. The number of urea groups is 1. The van der Waals surface area contributed by atoms with Gasteiger partial charge in [-0.1, -0.05) is 17.8 Å². The summed E-state index contributed by atoms with van der Waals surface area (Å²) in [4.78, 5) is 51.9. The maximum absolute atomic E-state index is 13.1. The highest BCUT2D eigenvalue weighted by molar-refractivity contribution is 8.01. The predicted octanol–water partition coefficient (Wildman–Crippen LogP) is -0.334. The molecule has 0 aromatic carbocycles. The number of rotatable bonds is 9. The van der Waals surface area contributed by atoms with Crippen molar-refractivity contribution in [2.24, 2.45) is 7.05 Å². The van der Waals surface area contributed by atoms with Crippen LogP contribution in [0.4, 0.5) is 4.79 Å². The molecule has 3 atom stereocenters. The second kappa shape index (κ2) is 11.0. The molecule has 1 saturated heterocycles. The van der Waals surface area contributed by atoms with E-state index in [0.29, 0.717) is 21.4 Å². The normalized spacial score (nSPS) is 19.6. The molecule has 14 nitrogen and oxygen atoms in total. The first-order valence-corrected chi connectivity index (χ1v) is 13.2. The quantitative estimate of drug-likeness (QED) is 0.182. The smallest absolute Gasteiger partial charge is 0.352 e. The number of tetrazole rings is 1. The molecule has 4 rings (SSSR count). The van der Waals surface area contributed by atoms with Crippen LogP contribution in [0.1, 0.15) is 10.9 Å². The van der Waals surface area contributed by atoms with Crippen molar-refractivity contribution < 1.29 is 24.3 Å². The van der Waals surface area contributed by atoms with Gasteiger partial charge in [0.15, 0.2) is 0 Å². The van der Waals surface area contributed by atoms with Gasteiger partial charge in [0.2, 0.25) is 11.1 Å². The Kier molecular flexibility index (Phi) is 7.76. The van der Waals surface area contributed by atoms with Crippen LogP contribution in [0.2, 0.25) is 0 Å². The number of fused-ring (bicyclic) bond motifs is 1. The Labute approximate surface area is 216 Å². The van der Waals surface area contributed by atoms with Crippen molar-refractivity contribution >= 4 is 58.7 Å². The monoisotopic (exact) mass is 549 g/mol. The van der Waals surface area contributed by atoms with E-state index in [4.69, 9.17) is 5.26 Å². The number of β-lactam (4-membered cyclic amide) rings is 1. The maximum atomic E-state index is 13.1. The molecule has 4 amide bonds. The third-order valence-electron chi connectivity index (χ3n) is 5.20. The summed E-state index contributed by atoms with van der Waals surface area (Å²) in [6, 6.07) is 2.37. The number of hydrogen-bond acceptors (Lipinski definition) is 11. The average molecular weight is 550 g/mol. The topological polar surface area (TPSA) is 195 Å². The lowest BCUT2D eigenvalue weighted by molar-refractivity contribution is -0.150. The van der Waals surface area contributed by atoms with Crippen LogP contribution in [0.3, 0.4) is 0 Å². The van der Waals surface area contributed by atoms with Crippen molar-refractivity contribution in [2.45, 2.75) is 22.6 Å². The van der Waals surface area contributed by atoms with Crippen molar-refractivity contribution in [1.29, 1.82) is 5.26 Å². The minimum absolute atomic E-state index is 0.110. The van der Waals surface area contributed by atoms with E-state index in [1.54, 1.807) is 30.6 Å². The minimum Gasteiger partial charge on any atom is -0.477 e. The van der Waals surface area contributed by atoms with Gasteiger partial charge in [0, 0.05) is 23.4 Å². The number of aryl methyl sites for hydroxylation is 1. The van der Waals surface area contributed by atoms with Crippen LogP contribution in [0.25, 0.3) is 0 Å². The third-order valence-corrected chi connectivity index (χ3v) is 8.57. The molecule has 2 aliphatic heterocycles. The van der Waals surface area contributed by atoms with Crippen molar-refractivity contribution in [3.05, 3.63) is 33.7 Å². The molecule has 2 aromatic rings. The number of carbonyl (C=O) groups excluding carboxylic acids is 3. The van der Waals surface area contributed by atoms with Gasteiger partial charge < -0.3 is 21.1 Å². The summed E-state index contributed by atoms with van der Waals surface area (Å²) in [5, 5.41) is 38.7. The summed E-state index contributed by atoms with van der Waals surface area (Å²) in [5.74, 6) is -1.81. The fraction of sp³-hybridized carbons (Fsp3) is 0.368. The van der Waals surface area contributed by atoms with E-state index >= 15 is 0 Å². The van der Waals surface area contributed by atoms with Crippen molar-refractivity contribution in [1.82, 2.24) is 41.1 Å². The first kappa shape index (κ1) is 25.5. The highest BCUT2D eigenvalue weighted by Gasteiger charge is 2.54. The fourth-order valence-electron chi connectivity index (χ4n) is 3.55. The molecule has 36 heavy (non-hydrogen) atoms. The Morgan fingerprint density at radius 1 is 1.42 bits per heavy atom. The van der Waals surface area contributed by atoms with Crippen LogP contribution in [-0.4, -0.2) is 83.5 Å². The van der Waals surface area contributed by atoms with Gasteiger partial charge in [-0.3, -0.25) is 14.5 Å². The van der Waals surface area contributed by atoms with Crippen molar-refractivity contribution in [2.75, 3.05) is 18.1 Å². The standard InChI is InChI=1S/C19H19N9O5S3/c1-27-19(24-25-26-27)36-8-9-7-35-16-12(15(30)28(16)13(9)17(31)32)22-14(29)11(10-3-2-6-34-10)23-18(33)21-5-4-20/h2-3,6,11-12,16H,5,7-8H2,1H3,(H,22,29)(H,31,32)(H2,21,23,33)/t11?,12-,16?/m0/s1. The zero-order valence-electron chi connectivity index (χ0n) is 18.6. The molecule has 2 aliphatic rings. The van der Waals surface area contributed by atoms with Gasteiger partial charge in [-0.2, -0.15) is 5.26 Å². The van der Waals surface area contributed by atoms with Gasteiger partial charge in [0.25, 0.3) is 5.91 Å². The number of carboxylic acids is 1. The lowest BCUT2D eigenvalue weighted by Gasteiger charge is -2.49. The number of nitrogens with one attached hydrogen (secondary N) is 3. The van der Waals surface area contributed by atoms with E-state index in [1.165, 1.54) is 44.4 Å². The van der Waals surface area contributed by atoms with E-state index in [0.717, 1.165) is 0 Å². The number of hydrogen-bond donors (Lipinski definition) is 4. The number of thioether (sulfide) groups is 2. The second-order valence-corrected chi connectivity index (χ2v) is 10.5. The lowest BCUT2D eigenvalue weighted by Crippen LogP contribution is -2.71. The molecule has 1 fully saturated rings. The van der Waals surface area contributed by atoms with Crippen LogP contribution < -0.4 is 16.0 Å². The Morgan fingerprint density at radius 3 is 2.86 bits per heavy atom. The van der Waals surface area contributed by atoms with Gasteiger partial charge in [-0.05, 0) is 27.4 Å². The highest BCUT2D eigenvalue weighted by atomic mass is 32.2. The average Bonchev–Trinajstić information content (AvgIpc) is 3.54. The molecule has 188 valence electrons. The number of aliphatic carboxylic acids is 1. The van der Waals surface area contributed by atoms with Gasteiger partial charge in [0.1, 0.15) is 29.7 Å². The predicted molar refractivity (Wildman–Crippen MR) is 128 cm³/mol. The van der Waals surface area contributed by atoms with Gasteiger partial charge in [-0.15, -0.1) is 28.2 Å². The highest BCUT2D eigenvalue weighted by Crippen LogP contribution is 2.41. The molecule has 4 N–H and O–H groups in total. The SMILES string of the molecule is Cn1nnnc1SCC1=C(C(=O)O)N2C(=O)[C@H](NC(=O)C(NC(=O)NCC#N)c3cccs3)C2SC1. The van der Waals surface area contributed by atoms with E-state index in [-0.39, 0.29) is 18.0 Å². The molecule has 17 heteroatoms. The molecule has 0 spiro atoms. The van der Waals surface area contributed by atoms with Gasteiger partial charge >= 0.3 is 12.0 Å². The number of nitriles is 1. The molecule has 0 bridgehead atoms. The Bertz CT molecular complexity index is 1260. The maximum Gasteiger partial charge on any atom is 0.352 e. The van der Waals surface area contributed by atoms with Crippen LogP contribution in [0.5, 0.6) is 0 Å². The molecule has 2 unspecified atom stereocenters. The summed E-state index contributed by atoms with van der Waals surface area (Å²) in [6.07, 6.45) is 0. The largest absolute Gasteiger partial charge is 0.477 e. The minimum atomic E-state index is -1.24. The van der Waals surface area contributed by atoms with Gasteiger partial charge in [-0.25, -0.2) is 14.3 Å². The van der Waals surface area contributed by atoms with Crippen LogP contribution in [0, 0.1) is 11.3 Å². The summed E-state index contributed by atoms with van der Waals surface area (Å²) in [6.45, 7) is -0.239. The molecule has 4 heterocycles. The van der Waals surface area contributed by atoms with Crippen molar-refractivity contribution in [3.8, 4) is 6.07 Å². The number of nitrogens with zero attached hydrogens (tertiary/aromatic N) is 6. The van der Waals surface area contributed by atoms with E-state index in [2.05, 4.69) is 31.5 Å². The third kappa shape index (κ3) is 5.15. The van der Waals surface area contributed by atoms with E-state index in [1.807, 2.05) is 0 Å². The first-order valence-electron chi connectivity index (χ1n) is 10.3. The number of thiophene rings is 1. The lowest BCUT2D eigenvalue weighted by atomic mass is 10.0. The second-order valence-electron chi connectivity index (χ2n) is 7.46. The molecule has 2 aromatic heterocycles. The van der Waals surface area contributed by atoms with Crippen LogP contribution in [-0.2, 0) is 21.4 Å². The Hall–Kier alpha value is -3.62. The molecule has 0 radical (unpaired) electrons. The van der Waals surface area contributed by atoms with Crippen LogP contribution >= 0.6 is 34.9 Å². The Balaban J connectivity index is 1.46. The van der Waals surface area contributed by atoms with Crippen LogP contribution in [0.15, 0.2) is 33.9 Å². The Morgan fingerprint density at radius 2 is 2.22 bits per heavy atom. The first-order chi connectivity index (χ1) is 17.3.